The Balaban J connectivity index is 1.60. The van der Waals surface area contributed by atoms with E-state index in [-0.39, 0.29) is 5.92 Å². The fraction of sp³-hybridized carbons (Fsp3) is 0.368. The van der Waals surface area contributed by atoms with Gasteiger partial charge in [0.15, 0.2) is 0 Å². The predicted octanol–water partition coefficient (Wildman–Crippen LogP) is 4.11. The standard InChI is InChI=1S/C19H22N2O3S2/c1-13-5-8-19(25-13)26(22,23)21-9-3-4-14(12-21)18-11-15-10-16(24-2)6-7-17(15)20-18/h5-8,10-11,14,20H,3-4,9,12H2,1-2H3. The lowest BCUT2D eigenvalue weighted by molar-refractivity contribution is 0.314. The monoisotopic (exact) mass is 390 g/mol. The molecule has 1 N–H and O–H groups in total. The zero-order valence-corrected chi connectivity index (χ0v) is 16.5. The third-order valence-corrected chi connectivity index (χ3v) is 8.32. The summed E-state index contributed by atoms with van der Waals surface area (Å²) in [5.41, 5.74) is 2.14. The van der Waals surface area contributed by atoms with Crippen LogP contribution < -0.4 is 4.74 Å². The Kier molecular flexibility index (Phi) is 4.54. The Morgan fingerprint density at radius 1 is 1.23 bits per heavy atom. The Hall–Kier alpha value is -1.83. The summed E-state index contributed by atoms with van der Waals surface area (Å²) in [5.74, 6) is 1.00. The molecule has 3 aromatic rings. The molecule has 2 aromatic heterocycles. The quantitative estimate of drug-likeness (QED) is 0.729. The summed E-state index contributed by atoms with van der Waals surface area (Å²) in [6, 6.07) is 11.6. The molecule has 0 bridgehead atoms. The van der Waals surface area contributed by atoms with Crippen molar-refractivity contribution in [2.75, 3.05) is 20.2 Å². The first-order valence-corrected chi connectivity index (χ1v) is 11.0. The summed E-state index contributed by atoms with van der Waals surface area (Å²) in [6.07, 6.45) is 1.85. The highest BCUT2D eigenvalue weighted by Crippen LogP contribution is 2.33. The van der Waals surface area contributed by atoms with Gasteiger partial charge in [0.05, 0.1) is 7.11 Å². The number of ether oxygens (including phenoxy) is 1. The Morgan fingerprint density at radius 2 is 2.08 bits per heavy atom. The lowest BCUT2D eigenvalue weighted by Gasteiger charge is -2.31. The molecular formula is C19H22N2O3S2. The van der Waals surface area contributed by atoms with E-state index in [0.717, 1.165) is 40.1 Å². The number of thiophene rings is 1. The Bertz CT molecular complexity index is 1040. The van der Waals surface area contributed by atoms with Crippen molar-refractivity contribution >= 4 is 32.3 Å². The largest absolute Gasteiger partial charge is 0.497 e. The summed E-state index contributed by atoms with van der Waals surface area (Å²) in [4.78, 5) is 4.47. The van der Waals surface area contributed by atoms with Crippen LogP contribution in [-0.2, 0) is 10.0 Å². The molecule has 0 radical (unpaired) electrons. The van der Waals surface area contributed by atoms with E-state index in [0.29, 0.717) is 17.3 Å². The molecule has 1 aliphatic heterocycles. The lowest BCUT2D eigenvalue weighted by Crippen LogP contribution is -2.38. The number of aromatic amines is 1. The molecule has 1 saturated heterocycles. The molecule has 0 spiro atoms. The van der Waals surface area contributed by atoms with Crippen molar-refractivity contribution in [1.82, 2.24) is 9.29 Å². The van der Waals surface area contributed by atoms with Gasteiger partial charge in [-0.15, -0.1) is 11.3 Å². The average Bonchev–Trinajstić information content (AvgIpc) is 3.27. The van der Waals surface area contributed by atoms with E-state index >= 15 is 0 Å². The van der Waals surface area contributed by atoms with Crippen LogP contribution in [0.3, 0.4) is 0 Å². The van der Waals surface area contributed by atoms with Crippen LogP contribution in [-0.4, -0.2) is 37.9 Å². The van der Waals surface area contributed by atoms with Gasteiger partial charge >= 0.3 is 0 Å². The first-order chi connectivity index (χ1) is 12.5. The van der Waals surface area contributed by atoms with Crippen molar-refractivity contribution in [2.45, 2.75) is 29.9 Å². The molecule has 0 amide bonds. The number of fused-ring (bicyclic) bond motifs is 1. The van der Waals surface area contributed by atoms with Gasteiger partial charge in [0.2, 0.25) is 0 Å². The molecular weight excluding hydrogens is 368 g/mol. The maximum Gasteiger partial charge on any atom is 0.252 e. The molecule has 3 heterocycles. The van der Waals surface area contributed by atoms with Crippen molar-refractivity contribution in [3.8, 4) is 5.75 Å². The van der Waals surface area contributed by atoms with E-state index in [1.807, 2.05) is 31.2 Å². The number of nitrogens with zero attached hydrogens (tertiary/aromatic N) is 1. The number of hydrogen-bond acceptors (Lipinski definition) is 4. The topological polar surface area (TPSA) is 62.4 Å². The highest BCUT2D eigenvalue weighted by Gasteiger charge is 2.32. The zero-order chi connectivity index (χ0) is 18.3. The maximum atomic E-state index is 12.9. The smallest absolute Gasteiger partial charge is 0.252 e. The zero-order valence-electron chi connectivity index (χ0n) is 14.9. The van der Waals surface area contributed by atoms with Crippen LogP contribution in [0.5, 0.6) is 5.75 Å². The molecule has 138 valence electrons. The minimum absolute atomic E-state index is 0.179. The highest BCUT2D eigenvalue weighted by molar-refractivity contribution is 7.91. The number of benzene rings is 1. The minimum Gasteiger partial charge on any atom is -0.497 e. The second kappa shape index (κ2) is 6.72. The number of aromatic nitrogens is 1. The summed E-state index contributed by atoms with van der Waals surface area (Å²) in [5, 5.41) is 1.09. The van der Waals surface area contributed by atoms with Gasteiger partial charge in [-0.3, -0.25) is 0 Å². The van der Waals surface area contributed by atoms with Gasteiger partial charge in [-0.05, 0) is 56.2 Å². The number of piperidine rings is 1. The van der Waals surface area contributed by atoms with Crippen LogP contribution in [0.15, 0.2) is 40.6 Å². The van der Waals surface area contributed by atoms with Crippen molar-refractivity contribution in [3.05, 3.63) is 47.0 Å². The minimum atomic E-state index is -3.40. The third-order valence-electron chi connectivity index (χ3n) is 4.98. The van der Waals surface area contributed by atoms with E-state index in [1.165, 1.54) is 11.3 Å². The summed E-state index contributed by atoms with van der Waals surface area (Å²) < 4.78 is 33.3. The molecule has 4 rings (SSSR count). The second-order valence-electron chi connectivity index (χ2n) is 6.75. The number of aryl methyl sites for hydroxylation is 1. The lowest BCUT2D eigenvalue weighted by atomic mass is 9.96. The van der Waals surface area contributed by atoms with E-state index < -0.39 is 10.0 Å². The number of sulfonamides is 1. The SMILES string of the molecule is COc1ccc2[nH]c(C3CCCN(S(=O)(=O)c4ccc(C)s4)C3)cc2c1. The highest BCUT2D eigenvalue weighted by atomic mass is 32.2. The molecule has 1 atom stereocenters. The van der Waals surface area contributed by atoms with E-state index in [9.17, 15) is 8.42 Å². The number of methoxy groups -OCH3 is 1. The van der Waals surface area contributed by atoms with E-state index in [4.69, 9.17) is 4.74 Å². The van der Waals surface area contributed by atoms with Crippen LogP contribution in [0, 0.1) is 6.92 Å². The molecule has 0 saturated carbocycles. The summed E-state index contributed by atoms with van der Waals surface area (Å²) >= 11 is 1.34. The van der Waals surface area contributed by atoms with Gasteiger partial charge in [-0.2, -0.15) is 4.31 Å². The number of rotatable bonds is 4. The number of nitrogens with one attached hydrogen (secondary N) is 1. The molecule has 1 aromatic carbocycles. The predicted molar refractivity (Wildman–Crippen MR) is 105 cm³/mol. The maximum absolute atomic E-state index is 12.9. The van der Waals surface area contributed by atoms with Crippen LogP contribution in [0.1, 0.15) is 29.3 Å². The van der Waals surface area contributed by atoms with Crippen LogP contribution >= 0.6 is 11.3 Å². The third kappa shape index (κ3) is 3.15. The fourth-order valence-corrected chi connectivity index (χ4v) is 6.53. The van der Waals surface area contributed by atoms with E-state index in [1.54, 1.807) is 17.5 Å². The second-order valence-corrected chi connectivity index (χ2v) is 10.2. The van der Waals surface area contributed by atoms with Gasteiger partial charge in [0, 0.05) is 40.5 Å². The summed E-state index contributed by atoms with van der Waals surface area (Å²) in [6.45, 7) is 3.04. The fourth-order valence-electron chi connectivity index (χ4n) is 3.57. The molecule has 5 nitrogen and oxygen atoms in total. The number of hydrogen-bond donors (Lipinski definition) is 1. The normalized spacial score (nSPS) is 19.1. The van der Waals surface area contributed by atoms with Crippen molar-refractivity contribution < 1.29 is 13.2 Å². The average molecular weight is 391 g/mol. The molecule has 1 fully saturated rings. The van der Waals surface area contributed by atoms with E-state index in [2.05, 4.69) is 11.1 Å². The summed E-state index contributed by atoms with van der Waals surface area (Å²) in [7, 11) is -1.75. The van der Waals surface area contributed by atoms with Gasteiger partial charge in [0.25, 0.3) is 10.0 Å². The van der Waals surface area contributed by atoms with Crippen LogP contribution in [0.2, 0.25) is 0 Å². The van der Waals surface area contributed by atoms with Gasteiger partial charge in [-0.1, -0.05) is 0 Å². The van der Waals surface area contributed by atoms with Crippen LogP contribution in [0.25, 0.3) is 10.9 Å². The molecule has 26 heavy (non-hydrogen) atoms. The van der Waals surface area contributed by atoms with Crippen LogP contribution in [0.4, 0.5) is 0 Å². The first kappa shape index (κ1) is 17.6. The molecule has 0 aliphatic carbocycles. The molecule has 7 heteroatoms. The number of H-pyrrole nitrogens is 1. The van der Waals surface area contributed by atoms with Crippen molar-refractivity contribution in [2.24, 2.45) is 0 Å². The van der Waals surface area contributed by atoms with Gasteiger partial charge in [0.1, 0.15) is 9.96 Å². The van der Waals surface area contributed by atoms with Crippen molar-refractivity contribution in [3.63, 3.8) is 0 Å². The van der Waals surface area contributed by atoms with Crippen molar-refractivity contribution in [1.29, 1.82) is 0 Å². The van der Waals surface area contributed by atoms with Gasteiger partial charge < -0.3 is 9.72 Å². The molecule has 1 unspecified atom stereocenters. The van der Waals surface area contributed by atoms with Gasteiger partial charge in [-0.25, -0.2) is 8.42 Å². The Morgan fingerprint density at radius 3 is 2.81 bits per heavy atom. The Labute approximate surface area is 157 Å². The molecule has 1 aliphatic rings. The first-order valence-electron chi connectivity index (χ1n) is 8.70.